The van der Waals surface area contributed by atoms with Crippen LogP contribution in [-0.2, 0) is 27.3 Å². The van der Waals surface area contributed by atoms with E-state index in [0.29, 0.717) is 53.7 Å². The quantitative estimate of drug-likeness (QED) is 0.167. The number of nitrogens with one attached hydrogen (secondary N) is 1. The zero-order valence-corrected chi connectivity index (χ0v) is 29.5. The number of hydrogen-bond donors (Lipinski definition) is 3. The molecule has 2 heterocycles. The Kier molecular flexibility index (Phi) is 13.6. The molecular formula is C38H50N2O8S. The summed E-state index contributed by atoms with van der Waals surface area (Å²) in [6.07, 6.45) is 3.96. The number of aliphatic hydroxyl groups excluding tert-OH is 1. The minimum atomic E-state index is -1.73. The number of ether oxygens (including phenoxy) is 4. The largest absolute Gasteiger partial charge is 0.593 e. The number of aromatic hydroxyl groups is 1. The van der Waals surface area contributed by atoms with Crippen molar-refractivity contribution < 1.29 is 38.5 Å². The van der Waals surface area contributed by atoms with Crippen LogP contribution in [0.1, 0.15) is 73.9 Å². The molecule has 2 aliphatic rings. The Balaban J connectivity index is 1.40. The van der Waals surface area contributed by atoms with Gasteiger partial charge in [0.2, 0.25) is 0 Å². The van der Waals surface area contributed by atoms with Crippen LogP contribution in [0.3, 0.4) is 0 Å². The number of aliphatic hydroxyl groups is 1. The summed E-state index contributed by atoms with van der Waals surface area (Å²) in [6.45, 7) is 7.42. The molecule has 0 saturated carbocycles. The fourth-order valence-corrected chi connectivity index (χ4v) is 7.52. The van der Waals surface area contributed by atoms with E-state index in [4.69, 9.17) is 18.9 Å². The number of phenolic OH excluding ortho intramolecular Hbond substituents is 1. The van der Waals surface area contributed by atoms with Crippen LogP contribution in [0.4, 0.5) is 0 Å². The maximum Gasteiger partial charge on any atom is 0.252 e. The SMILES string of the molecule is Cc1c(O)cccc1C(=O)N[C@@H](Cc1ccccc1)[C@H](O)CN(CC(C)C)[S+]([O-])c1cc(OC2CCCCO2)cc(OC2CCCCO2)c1. The number of carbonyl (C=O) groups excluding carboxylic acids is 1. The fraction of sp³-hybridized carbons (Fsp3) is 0.500. The summed E-state index contributed by atoms with van der Waals surface area (Å²) in [5, 5.41) is 25.0. The normalized spacial score (nSPS) is 20.1. The Labute approximate surface area is 293 Å². The molecule has 0 radical (unpaired) electrons. The van der Waals surface area contributed by atoms with Gasteiger partial charge in [-0.25, -0.2) is 0 Å². The maximum absolute atomic E-state index is 14.4. The van der Waals surface area contributed by atoms with Crippen LogP contribution in [0.5, 0.6) is 17.2 Å². The van der Waals surface area contributed by atoms with Crippen LogP contribution in [-0.4, -0.2) is 76.0 Å². The molecule has 2 saturated heterocycles. The molecule has 0 bridgehead atoms. The first-order valence-corrected chi connectivity index (χ1v) is 18.5. The minimum absolute atomic E-state index is 0.0142. The predicted molar refractivity (Wildman–Crippen MR) is 188 cm³/mol. The molecule has 11 heteroatoms. The van der Waals surface area contributed by atoms with E-state index in [1.54, 1.807) is 41.6 Å². The molecule has 3 N–H and O–H groups in total. The van der Waals surface area contributed by atoms with Crippen LogP contribution in [0, 0.1) is 12.8 Å². The second kappa shape index (κ2) is 18.1. The molecule has 0 aromatic heterocycles. The summed E-state index contributed by atoms with van der Waals surface area (Å²) < 4.78 is 40.3. The van der Waals surface area contributed by atoms with E-state index in [-0.39, 0.29) is 18.2 Å². The summed E-state index contributed by atoms with van der Waals surface area (Å²) in [6, 6.07) is 18.9. The molecule has 3 unspecified atom stereocenters. The van der Waals surface area contributed by atoms with E-state index in [1.807, 2.05) is 44.2 Å². The van der Waals surface area contributed by atoms with Crippen molar-refractivity contribution in [3.8, 4) is 17.2 Å². The van der Waals surface area contributed by atoms with Gasteiger partial charge in [0.25, 0.3) is 5.91 Å². The summed E-state index contributed by atoms with van der Waals surface area (Å²) in [5.41, 5.74) is 1.70. The standard InChI is InChI=1S/C38H50N2O8S/c1-26(2)24-40(25-35(42)33(20-28-12-5-4-6-13-28)39-38(43)32-14-11-15-34(41)27(32)3)49(44)31-22-29(47-36-16-7-9-18-45-36)21-30(23-31)48-37-17-8-10-19-46-37/h4-6,11-15,21-23,26,33,35-37,41-42H,7-10,16-20,24-25H2,1-3H3,(H,39,43)/t33-,35+,36?,37?,49?/m0/s1. The van der Waals surface area contributed by atoms with Crippen molar-refractivity contribution in [2.45, 2.75) is 95.3 Å². The van der Waals surface area contributed by atoms with E-state index in [1.165, 1.54) is 6.07 Å². The molecule has 5 atom stereocenters. The average Bonchev–Trinajstić information content (AvgIpc) is 3.09. The average molecular weight is 695 g/mol. The molecule has 3 aromatic carbocycles. The molecule has 5 rings (SSSR count). The summed E-state index contributed by atoms with van der Waals surface area (Å²) in [4.78, 5) is 14.0. The third kappa shape index (κ3) is 10.8. The number of phenols is 1. The molecule has 3 aromatic rings. The van der Waals surface area contributed by atoms with Gasteiger partial charge in [0, 0.05) is 48.7 Å². The molecule has 10 nitrogen and oxygen atoms in total. The number of hydrogen-bond acceptors (Lipinski definition) is 9. The van der Waals surface area contributed by atoms with Gasteiger partial charge in [-0.3, -0.25) is 4.79 Å². The molecule has 1 amide bonds. The van der Waals surface area contributed by atoms with Crippen molar-refractivity contribution >= 4 is 17.3 Å². The van der Waals surface area contributed by atoms with Crippen LogP contribution < -0.4 is 14.8 Å². The highest BCUT2D eigenvalue weighted by molar-refractivity contribution is 7.89. The van der Waals surface area contributed by atoms with Crippen LogP contribution in [0.25, 0.3) is 0 Å². The topological polar surface area (TPSA) is 133 Å². The molecule has 2 fully saturated rings. The highest BCUT2D eigenvalue weighted by Gasteiger charge is 2.32. The van der Waals surface area contributed by atoms with Crippen molar-refractivity contribution in [3.63, 3.8) is 0 Å². The van der Waals surface area contributed by atoms with E-state index in [0.717, 1.165) is 44.1 Å². The van der Waals surface area contributed by atoms with Crippen LogP contribution in [0.15, 0.2) is 71.6 Å². The van der Waals surface area contributed by atoms with Gasteiger partial charge in [0.05, 0.1) is 43.3 Å². The summed E-state index contributed by atoms with van der Waals surface area (Å²) in [7, 11) is 0. The Morgan fingerprint density at radius 1 is 0.939 bits per heavy atom. The Bertz CT molecular complexity index is 1440. The smallest absolute Gasteiger partial charge is 0.252 e. The first-order valence-electron chi connectivity index (χ1n) is 17.4. The lowest BCUT2D eigenvalue weighted by molar-refractivity contribution is -0.109. The minimum Gasteiger partial charge on any atom is -0.593 e. The van der Waals surface area contributed by atoms with Crippen LogP contribution in [0.2, 0.25) is 0 Å². The van der Waals surface area contributed by atoms with Gasteiger partial charge in [0.1, 0.15) is 17.2 Å². The molecular weight excluding hydrogens is 644 g/mol. The van der Waals surface area contributed by atoms with Crippen molar-refractivity contribution in [1.29, 1.82) is 0 Å². The maximum atomic E-state index is 14.4. The van der Waals surface area contributed by atoms with Crippen LogP contribution >= 0.6 is 0 Å². The predicted octanol–water partition coefficient (Wildman–Crippen LogP) is 5.89. The molecule has 266 valence electrons. The first kappa shape index (κ1) is 36.9. The van der Waals surface area contributed by atoms with Gasteiger partial charge in [-0.05, 0) is 62.6 Å². The fourth-order valence-electron chi connectivity index (χ4n) is 6.06. The second-order valence-corrected chi connectivity index (χ2v) is 14.7. The highest BCUT2D eigenvalue weighted by Crippen LogP contribution is 2.32. The third-order valence-corrected chi connectivity index (χ3v) is 10.1. The van der Waals surface area contributed by atoms with E-state index < -0.39 is 42.0 Å². The van der Waals surface area contributed by atoms with E-state index in [9.17, 15) is 19.6 Å². The molecule has 0 spiro atoms. The van der Waals surface area contributed by atoms with Crippen molar-refractivity contribution in [1.82, 2.24) is 9.62 Å². The van der Waals surface area contributed by atoms with Crippen molar-refractivity contribution in [2.24, 2.45) is 5.92 Å². The van der Waals surface area contributed by atoms with Crippen molar-refractivity contribution in [2.75, 3.05) is 26.3 Å². The zero-order valence-electron chi connectivity index (χ0n) is 28.7. The monoisotopic (exact) mass is 694 g/mol. The Morgan fingerprint density at radius 2 is 1.57 bits per heavy atom. The lowest BCUT2D eigenvalue weighted by atomic mass is 9.99. The highest BCUT2D eigenvalue weighted by atomic mass is 32.2. The zero-order chi connectivity index (χ0) is 34.8. The lowest BCUT2D eigenvalue weighted by Gasteiger charge is -2.31. The van der Waals surface area contributed by atoms with Gasteiger partial charge in [-0.2, -0.15) is 0 Å². The van der Waals surface area contributed by atoms with Crippen molar-refractivity contribution in [3.05, 3.63) is 83.4 Å². The van der Waals surface area contributed by atoms with Gasteiger partial charge in [-0.15, -0.1) is 4.31 Å². The molecule has 0 aliphatic carbocycles. The number of carbonyl (C=O) groups is 1. The van der Waals surface area contributed by atoms with Gasteiger partial charge in [0.15, 0.2) is 17.5 Å². The number of amides is 1. The number of nitrogens with zero attached hydrogens (tertiary/aromatic N) is 1. The van der Waals surface area contributed by atoms with E-state index in [2.05, 4.69) is 5.32 Å². The number of rotatable bonds is 15. The van der Waals surface area contributed by atoms with E-state index >= 15 is 0 Å². The van der Waals surface area contributed by atoms with Gasteiger partial charge >= 0.3 is 0 Å². The molecule has 49 heavy (non-hydrogen) atoms. The Hall–Kier alpha value is -3.32. The van der Waals surface area contributed by atoms with Gasteiger partial charge in [-0.1, -0.05) is 50.2 Å². The third-order valence-electron chi connectivity index (χ3n) is 8.69. The molecule has 2 aliphatic heterocycles. The Morgan fingerprint density at radius 3 is 2.14 bits per heavy atom. The van der Waals surface area contributed by atoms with Gasteiger partial charge < -0.3 is 39.0 Å². The number of benzene rings is 3. The second-order valence-electron chi connectivity index (χ2n) is 13.2. The lowest BCUT2D eigenvalue weighted by Crippen LogP contribution is -2.51. The summed E-state index contributed by atoms with van der Waals surface area (Å²) in [5.74, 6) is 0.709. The summed E-state index contributed by atoms with van der Waals surface area (Å²) >= 11 is -1.73. The first-order chi connectivity index (χ1) is 23.7.